The molecular weight excluding hydrogens is 827 g/mol. The molecule has 0 rings (SSSR count). The van der Waals surface area contributed by atoms with Crippen molar-refractivity contribution in [1.29, 1.82) is 0 Å². The van der Waals surface area contributed by atoms with Gasteiger partial charge in [-0.3, -0.25) is 24.1 Å². The van der Waals surface area contributed by atoms with Gasteiger partial charge in [-0.25, -0.2) is 0 Å². The Bertz CT molecular complexity index is 907. The summed E-state index contributed by atoms with van der Waals surface area (Å²) in [4.78, 5) is 58.8. The molecule has 0 heterocycles. The van der Waals surface area contributed by atoms with Crippen molar-refractivity contribution in [2.45, 2.75) is 264 Å². The summed E-state index contributed by atoms with van der Waals surface area (Å²) in [6, 6.07) is 0. The van der Waals surface area contributed by atoms with E-state index in [0.29, 0.717) is 25.7 Å². The van der Waals surface area contributed by atoms with E-state index in [1.54, 1.807) is 0 Å². The van der Waals surface area contributed by atoms with E-state index in [4.69, 9.17) is 24.4 Å². The van der Waals surface area contributed by atoms with Crippen molar-refractivity contribution < 1.29 is 53.1 Å². The van der Waals surface area contributed by atoms with Crippen LogP contribution in [0.1, 0.15) is 258 Å². The highest BCUT2D eigenvalue weighted by Crippen LogP contribution is 2.18. The molecule has 0 aromatic carbocycles. The van der Waals surface area contributed by atoms with E-state index >= 15 is 0 Å². The lowest BCUT2D eigenvalue weighted by molar-refractivity contribution is -0.155. The van der Waals surface area contributed by atoms with Crippen molar-refractivity contribution in [2.75, 3.05) is 46.2 Å². The van der Waals surface area contributed by atoms with Crippen molar-refractivity contribution in [1.82, 2.24) is 4.90 Å². The number of hydrogen-bond acceptors (Lipinski definition) is 12. The number of ether oxygens (including phenoxy) is 4. The normalized spacial score (nSPS) is 10.6. The first-order valence-electron chi connectivity index (χ1n) is 26.2. The van der Waals surface area contributed by atoms with Gasteiger partial charge in [-0.05, 0) is 51.9 Å². The molecule has 0 aliphatic carbocycles. The molecular formula is C53H111NO11. The molecule has 0 bridgehead atoms. The average molecular weight is 938 g/mol. The van der Waals surface area contributed by atoms with E-state index in [9.17, 15) is 24.0 Å². The largest absolute Gasteiger partial charge is 0.466 e. The summed E-state index contributed by atoms with van der Waals surface area (Å²) >= 11 is 0. The fourth-order valence-electron chi connectivity index (χ4n) is 5.18. The van der Waals surface area contributed by atoms with Gasteiger partial charge >= 0.3 is 23.9 Å². The van der Waals surface area contributed by atoms with E-state index in [1.165, 1.54) is 103 Å². The zero-order valence-corrected chi connectivity index (χ0v) is 45.6. The summed E-state index contributed by atoms with van der Waals surface area (Å²) in [5.41, 5.74) is 0. The van der Waals surface area contributed by atoms with E-state index in [-0.39, 0.29) is 37.5 Å². The number of unbranched alkanes of at least 4 members (excludes halogenated alkanes) is 15. The minimum atomic E-state index is -0.750. The number of aliphatic hydroxyl groups excluding tert-OH is 1. The SMILES string of the molecule is CC.CC(C)=O.CCCC.CCCCCC.CCCCCCCCOC(=O)CN(CC(=O)OCCCCCCCC)CC(=O)OC(CCCC)CC(C)CC.CCCOC(C)=O.OCO. The van der Waals surface area contributed by atoms with Gasteiger partial charge in [0.1, 0.15) is 18.7 Å². The van der Waals surface area contributed by atoms with Crippen LogP contribution in [-0.4, -0.2) is 97.1 Å². The summed E-state index contributed by atoms with van der Waals surface area (Å²) in [5.74, 6) is -0.831. The molecule has 0 aromatic heterocycles. The van der Waals surface area contributed by atoms with Gasteiger partial charge in [0.15, 0.2) is 0 Å². The number of rotatable bonds is 33. The zero-order valence-electron chi connectivity index (χ0n) is 45.6. The fraction of sp³-hybridized carbons (Fsp3) is 0.906. The van der Waals surface area contributed by atoms with E-state index in [0.717, 1.165) is 77.0 Å². The van der Waals surface area contributed by atoms with Crippen LogP contribution < -0.4 is 0 Å². The Labute approximate surface area is 402 Å². The number of ketones is 1. The number of aliphatic hydroxyl groups is 2. The van der Waals surface area contributed by atoms with Gasteiger partial charge in [-0.1, -0.05) is 205 Å². The topological polar surface area (TPSA) is 166 Å². The number of esters is 4. The highest BCUT2D eigenvalue weighted by molar-refractivity contribution is 5.78. The predicted molar refractivity (Wildman–Crippen MR) is 273 cm³/mol. The maximum atomic E-state index is 12.9. The maximum Gasteiger partial charge on any atom is 0.320 e. The highest BCUT2D eigenvalue weighted by Gasteiger charge is 2.23. The Morgan fingerprint density at radius 3 is 1.11 bits per heavy atom. The third-order valence-corrected chi connectivity index (χ3v) is 9.09. The average Bonchev–Trinajstić information content (AvgIpc) is 3.27. The fourth-order valence-corrected chi connectivity index (χ4v) is 5.18. The van der Waals surface area contributed by atoms with Crippen LogP contribution in [0.15, 0.2) is 0 Å². The number of hydrogen-bond donors (Lipinski definition) is 2. The van der Waals surface area contributed by atoms with Crippen LogP contribution >= 0.6 is 0 Å². The van der Waals surface area contributed by atoms with Crippen molar-refractivity contribution >= 4 is 29.7 Å². The lowest BCUT2D eigenvalue weighted by Gasteiger charge is -2.24. The van der Waals surface area contributed by atoms with Gasteiger partial charge in [-0.2, -0.15) is 0 Å². The van der Waals surface area contributed by atoms with Crippen molar-refractivity contribution in [3.05, 3.63) is 0 Å². The first-order valence-corrected chi connectivity index (χ1v) is 26.2. The second kappa shape index (κ2) is 70.4. The molecule has 0 saturated carbocycles. The molecule has 65 heavy (non-hydrogen) atoms. The predicted octanol–water partition coefficient (Wildman–Crippen LogP) is 13.5. The van der Waals surface area contributed by atoms with E-state index in [1.807, 2.05) is 20.8 Å². The van der Waals surface area contributed by atoms with E-state index < -0.39 is 24.7 Å². The molecule has 2 unspecified atom stereocenters. The molecule has 12 nitrogen and oxygen atoms in total. The molecule has 0 saturated heterocycles. The van der Waals surface area contributed by atoms with Gasteiger partial charge in [-0.15, -0.1) is 0 Å². The first-order chi connectivity index (χ1) is 31.1. The van der Waals surface area contributed by atoms with Crippen molar-refractivity contribution in [2.24, 2.45) is 5.92 Å². The Kier molecular flexibility index (Phi) is 83.1. The third kappa shape index (κ3) is 88.8. The van der Waals surface area contributed by atoms with Gasteiger partial charge < -0.3 is 34.0 Å². The van der Waals surface area contributed by atoms with Gasteiger partial charge in [0.2, 0.25) is 0 Å². The summed E-state index contributed by atoms with van der Waals surface area (Å²) in [7, 11) is 0. The van der Waals surface area contributed by atoms with Crippen molar-refractivity contribution in [3.63, 3.8) is 0 Å². The number of Topliss-reactive ketones (excluding diaryl/α,β-unsaturated/α-hetero) is 1. The third-order valence-electron chi connectivity index (χ3n) is 9.09. The summed E-state index contributed by atoms with van der Waals surface area (Å²) < 4.78 is 21.2. The molecule has 2 atom stereocenters. The molecule has 0 radical (unpaired) electrons. The Morgan fingerprint density at radius 1 is 0.462 bits per heavy atom. The molecule has 0 aromatic rings. The van der Waals surface area contributed by atoms with Crippen molar-refractivity contribution in [3.8, 4) is 0 Å². The van der Waals surface area contributed by atoms with Crippen LogP contribution in [0.2, 0.25) is 0 Å². The summed E-state index contributed by atoms with van der Waals surface area (Å²) in [6.45, 7) is 30.2. The molecule has 0 spiro atoms. The zero-order chi connectivity index (χ0) is 51.4. The van der Waals surface area contributed by atoms with Crippen LogP contribution in [0.3, 0.4) is 0 Å². The quantitative estimate of drug-likeness (QED) is 0.0277. The Hall–Kier alpha value is -2.57. The number of carbonyl (C=O) groups excluding carboxylic acids is 5. The summed E-state index contributed by atoms with van der Waals surface area (Å²) in [6.07, 6.45) is 26.9. The Morgan fingerprint density at radius 2 is 0.800 bits per heavy atom. The second-order valence-corrected chi connectivity index (χ2v) is 16.2. The standard InChI is InChI=1S/C32H61NO6.C6H14.C5H10O2.C4H10.C3H6O.C2H6.CH4O2/c1-6-10-13-15-17-19-22-37-30(34)25-33(26-31(35)38-23-20-18-16-14-11-7-2)27-32(36)39-29(21-12-8-3)24-28(5)9-4;1-3-5-6-4-2;1-3-4-7-5(2)6;1-3-4-2;1-3(2)4;1-2;2-1-3/h28-29H,6-27H2,1-5H3;3-6H2,1-2H3;3-4H2,1-2H3;3-4H2,1-2H3;1-2H3;1-2H3;2-3H,1H2. The van der Waals surface area contributed by atoms with Gasteiger partial charge in [0.25, 0.3) is 0 Å². The minimum absolute atomic E-state index is 0.137. The first kappa shape index (κ1) is 76.7. The molecule has 0 aliphatic rings. The van der Waals surface area contributed by atoms with E-state index in [2.05, 4.69) is 67.1 Å². The monoisotopic (exact) mass is 938 g/mol. The molecule has 12 heteroatoms. The van der Waals surface area contributed by atoms with Crippen LogP contribution in [0.5, 0.6) is 0 Å². The summed E-state index contributed by atoms with van der Waals surface area (Å²) in [5, 5.41) is 14.2. The second-order valence-electron chi connectivity index (χ2n) is 16.2. The van der Waals surface area contributed by atoms with Crippen LogP contribution in [-0.2, 0) is 42.9 Å². The molecule has 394 valence electrons. The van der Waals surface area contributed by atoms with Crippen LogP contribution in [0, 0.1) is 5.92 Å². The molecule has 0 fully saturated rings. The highest BCUT2D eigenvalue weighted by atomic mass is 16.6. The number of nitrogens with zero attached hydrogens (tertiary/aromatic N) is 1. The Balaban J connectivity index is -0.000000208. The maximum absolute atomic E-state index is 12.9. The molecule has 0 amide bonds. The lowest BCUT2D eigenvalue weighted by Crippen LogP contribution is -2.41. The smallest absolute Gasteiger partial charge is 0.320 e. The minimum Gasteiger partial charge on any atom is -0.466 e. The lowest BCUT2D eigenvalue weighted by atomic mass is 9.98. The van der Waals surface area contributed by atoms with Crippen LogP contribution in [0.25, 0.3) is 0 Å². The number of carbonyl (C=O) groups is 5. The van der Waals surface area contributed by atoms with Crippen LogP contribution in [0.4, 0.5) is 0 Å². The van der Waals surface area contributed by atoms with Gasteiger partial charge in [0.05, 0.1) is 39.5 Å². The molecule has 2 N–H and O–H groups in total. The molecule has 0 aliphatic heterocycles. The van der Waals surface area contributed by atoms with Gasteiger partial charge in [0, 0.05) is 6.92 Å².